The second kappa shape index (κ2) is 8.19. The van der Waals surface area contributed by atoms with Gasteiger partial charge in [-0.15, -0.1) is 0 Å². The van der Waals surface area contributed by atoms with Gasteiger partial charge in [-0.2, -0.15) is 0 Å². The van der Waals surface area contributed by atoms with E-state index in [0.717, 1.165) is 0 Å². The SMILES string of the molecule is COC(=O)c1ccc(N=C(c2ccccc2)C2C(=O)Nc3ccc([N+](=O)[O-])cc32)cc1. The standard InChI is InChI=1S/C23H17N3O5/c1-31-23(28)15-7-9-16(10-8-15)24-21(14-5-3-2-4-6-14)20-18-13-17(26(29)30)11-12-19(18)25-22(20)27/h2-13,20H,1H3,(H,25,27). The highest BCUT2D eigenvalue weighted by molar-refractivity contribution is 6.24. The third kappa shape index (κ3) is 3.91. The molecule has 8 nitrogen and oxygen atoms in total. The summed E-state index contributed by atoms with van der Waals surface area (Å²) in [6, 6.07) is 19.9. The largest absolute Gasteiger partial charge is 0.465 e. The molecular formula is C23H17N3O5. The van der Waals surface area contributed by atoms with Crippen molar-refractivity contribution in [1.82, 2.24) is 0 Å². The Morgan fingerprint density at radius 1 is 1.03 bits per heavy atom. The Morgan fingerprint density at radius 2 is 1.74 bits per heavy atom. The van der Waals surface area contributed by atoms with E-state index in [-0.39, 0.29) is 11.6 Å². The Labute approximate surface area is 177 Å². The molecule has 4 rings (SSSR count). The van der Waals surface area contributed by atoms with Crippen LogP contribution in [0.2, 0.25) is 0 Å². The molecule has 1 unspecified atom stereocenters. The number of benzene rings is 3. The summed E-state index contributed by atoms with van der Waals surface area (Å²) in [5.41, 5.74) is 2.97. The molecule has 0 saturated carbocycles. The molecule has 3 aromatic rings. The highest BCUT2D eigenvalue weighted by atomic mass is 16.6. The molecule has 31 heavy (non-hydrogen) atoms. The molecule has 0 radical (unpaired) electrons. The van der Waals surface area contributed by atoms with Gasteiger partial charge in [-0.3, -0.25) is 19.9 Å². The number of carbonyl (C=O) groups is 2. The summed E-state index contributed by atoms with van der Waals surface area (Å²) in [4.78, 5) is 40.0. The number of aliphatic imine (C=N–C) groups is 1. The van der Waals surface area contributed by atoms with Crippen molar-refractivity contribution in [3.63, 3.8) is 0 Å². The van der Waals surface area contributed by atoms with E-state index in [1.807, 2.05) is 30.3 Å². The molecule has 1 aliphatic heterocycles. The van der Waals surface area contributed by atoms with Crippen LogP contribution in [0.3, 0.4) is 0 Å². The van der Waals surface area contributed by atoms with Crippen LogP contribution in [0, 0.1) is 10.1 Å². The number of amides is 1. The van der Waals surface area contributed by atoms with Gasteiger partial charge in [0.2, 0.25) is 5.91 Å². The number of methoxy groups -OCH3 is 1. The zero-order valence-electron chi connectivity index (χ0n) is 16.4. The van der Waals surface area contributed by atoms with Crippen LogP contribution >= 0.6 is 0 Å². The zero-order valence-corrected chi connectivity index (χ0v) is 16.4. The third-order valence-corrected chi connectivity index (χ3v) is 4.96. The predicted octanol–water partition coefficient (Wildman–Crippen LogP) is 4.24. The van der Waals surface area contributed by atoms with E-state index < -0.39 is 16.8 Å². The second-order valence-corrected chi connectivity index (χ2v) is 6.85. The van der Waals surface area contributed by atoms with Gasteiger partial charge in [-0.25, -0.2) is 4.79 Å². The number of carbonyl (C=O) groups excluding carboxylic acids is 2. The number of hydrogen-bond donors (Lipinski definition) is 1. The first-order valence-corrected chi connectivity index (χ1v) is 9.39. The highest BCUT2D eigenvalue weighted by Gasteiger charge is 2.36. The molecule has 0 fully saturated rings. The molecule has 8 heteroatoms. The number of nitro groups is 1. The highest BCUT2D eigenvalue weighted by Crippen LogP contribution is 2.38. The number of non-ortho nitro benzene ring substituents is 1. The van der Waals surface area contributed by atoms with Crippen LogP contribution in [0.15, 0.2) is 77.8 Å². The summed E-state index contributed by atoms with van der Waals surface area (Å²) < 4.78 is 4.71. The molecule has 0 spiro atoms. The molecule has 154 valence electrons. The fourth-order valence-corrected chi connectivity index (χ4v) is 3.47. The van der Waals surface area contributed by atoms with Gasteiger partial charge in [-0.1, -0.05) is 30.3 Å². The average Bonchev–Trinajstić information content (AvgIpc) is 3.12. The number of nitro benzene ring substituents is 1. The third-order valence-electron chi connectivity index (χ3n) is 4.96. The van der Waals surface area contributed by atoms with Crippen molar-refractivity contribution in [3.8, 4) is 0 Å². The normalized spacial score (nSPS) is 15.2. The van der Waals surface area contributed by atoms with Crippen LogP contribution in [0.1, 0.15) is 27.4 Å². The first kappa shape index (κ1) is 20.0. The quantitative estimate of drug-likeness (QED) is 0.290. The molecule has 0 aliphatic carbocycles. The number of esters is 1. The number of fused-ring (bicyclic) bond motifs is 1. The van der Waals surface area contributed by atoms with Crippen molar-refractivity contribution in [1.29, 1.82) is 0 Å². The smallest absolute Gasteiger partial charge is 0.337 e. The lowest BCUT2D eigenvalue weighted by molar-refractivity contribution is -0.384. The molecule has 0 saturated heterocycles. The molecule has 1 N–H and O–H groups in total. The van der Waals surface area contributed by atoms with Crippen LogP contribution in [0.25, 0.3) is 0 Å². The van der Waals surface area contributed by atoms with Crippen LogP contribution < -0.4 is 5.32 Å². The molecule has 3 aromatic carbocycles. The Kier molecular flexibility index (Phi) is 5.28. The lowest BCUT2D eigenvalue weighted by atomic mass is 9.90. The first-order chi connectivity index (χ1) is 15.0. The van der Waals surface area contributed by atoms with Crippen LogP contribution in [-0.4, -0.2) is 29.6 Å². The van der Waals surface area contributed by atoms with Crippen molar-refractivity contribution in [2.75, 3.05) is 12.4 Å². The van der Waals surface area contributed by atoms with Crippen LogP contribution in [0.5, 0.6) is 0 Å². The summed E-state index contributed by atoms with van der Waals surface area (Å²) in [5, 5.41) is 14.0. The number of rotatable bonds is 5. The molecule has 0 bridgehead atoms. The lowest BCUT2D eigenvalue weighted by Gasteiger charge is -2.14. The maximum atomic E-state index is 12.9. The summed E-state index contributed by atoms with van der Waals surface area (Å²) in [7, 11) is 1.30. The Bertz CT molecular complexity index is 1200. The van der Waals surface area contributed by atoms with E-state index in [9.17, 15) is 19.7 Å². The number of anilines is 1. The van der Waals surface area contributed by atoms with Crippen LogP contribution in [-0.2, 0) is 9.53 Å². The van der Waals surface area contributed by atoms with Gasteiger partial charge in [0, 0.05) is 23.4 Å². The van der Waals surface area contributed by atoms with Crippen molar-refractivity contribution in [3.05, 3.63) is 99.6 Å². The van der Waals surface area contributed by atoms with E-state index in [1.54, 1.807) is 24.3 Å². The molecular weight excluding hydrogens is 398 g/mol. The fourth-order valence-electron chi connectivity index (χ4n) is 3.47. The number of hydrogen-bond acceptors (Lipinski definition) is 6. The van der Waals surface area contributed by atoms with Gasteiger partial charge in [0.05, 0.1) is 29.0 Å². The van der Waals surface area contributed by atoms with E-state index in [1.165, 1.54) is 25.3 Å². The molecule has 1 aliphatic rings. The fraction of sp³-hybridized carbons (Fsp3) is 0.0870. The molecule has 0 aromatic heterocycles. The topological polar surface area (TPSA) is 111 Å². The van der Waals surface area contributed by atoms with Gasteiger partial charge in [0.15, 0.2) is 0 Å². The van der Waals surface area contributed by atoms with Gasteiger partial charge in [0.1, 0.15) is 5.92 Å². The monoisotopic (exact) mass is 415 g/mol. The second-order valence-electron chi connectivity index (χ2n) is 6.85. The number of nitrogens with one attached hydrogen (secondary N) is 1. The maximum absolute atomic E-state index is 12.9. The van der Waals surface area contributed by atoms with E-state index in [2.05, 4.69) is 5.32 Å². The average molecular weight is 415 g/mol. The summed E-state index contributed by atoms with van der Waals surface area (Å²) in [6.07, 6.45) is 0. The number of ether oxygens (including phenoxy) is 1. The Balaban J connectivity index is 1.83. The van der Waals surface area contributed by atoms with E-state index >= 15 is 0 Å². The van der Waals surface area contributed by atoms with Gasteiger partial charge in [0.25, 0.3) is 5.69 Å². The minimum Gasteiger partial charge on any atom is -0.465 e. The summed E-state index contributed by atoms with van der Waals surface area (Å²) in [5.74, 6) is -1.60. The van der Waals surface area contributed by atoms with Crippen molar-refractivity contribution in [2.24, 2.45) is 4.99 Å². The maximum Gasteiger partial charge on any atom is 0.337 e. The molecule has 1 amide bonds. The van der Waals surface area contributed by atoms with Crippen LogP contribution in [0.4, 0.5) is 17.1 Å². The minimum absolute atomic E-state index is 0.102. The van der Waals surface area contributed by atoms with E-state index in [4.69, 9.17) is 9.73 Å². The molecule has 1 atom stereocenters. The van der Waals surface area contributed by atoms with Gasteiger partial charge >= 0.3 is 5.97 Å². The van der Waals surface area contributed by atoms with Crippen molar-refractivity contribution in [2.45, 2.75) is 5.92 Å². The zero-order chi connectivity index (χ0) is 22.0. The summed E-state index contributed by atoms with van der Waals surface area (Å²) >= 11 is 0. The number of nitrogens with zero attached hydrogens (tertiary/aromatic N) is 2. The Hall–Kier alpha value is -4.33. The summed E-state index contributed by atoms with van der Waals surface area (Å²) in [6.45, 7) is 0. The van der Waals surface area contributed by atoms with Gasteiger partial charge in [-0.05, 0) is 35.9 Å². The van der Waals surface area contributed by atoms with Crippen molar-refractivity contribution >= 4 is 34.7 Å². The predicted molar refractivity (Wildman–Crippen MR) is 115 cm³/mol. The minimum atomic E-state index is -0.822. The van der Waals surface area contributed by atoms with Gasteiger partial charge < -0.3 is 10.1 Å². The first-order valence-electron chi connectivity index (χ1n) is 9.39. The van der Waals surface area contributed by atoms with Crippen molar-refractivity contribution < 1.29 is 19.2 Å². The Morgan fingerprint density at radius 3 is 2.39 bits per heavy atom. The van der Waals surface area contributed by atoms with E-state index in [0.29, 0.717) is 33.8 Å². The lowest BCUT2D eigenvalue weighted by Crippen LogP contribution is -2.22. The molecule has 1 heterocycles.